The van der Waals surface area contributed by atoms with Gasteiger partial charge in [0.1, 0.15) is 0 Å². The zero-order chi connectivity index (χ0) is 22.4. The van der Waals surface area contributed by atoms with Crippen LogP contribution in [0.5, 0.6) is 0 Å². The van der Waals surface area contributed by atoms with Crippen LogP contribution in [-0.2, 0) is 26.8 Å². The number of hydrogen-bond donors (Lipinski definition) is 2. The molecule has 2 heterocycles. The summed E-state index contributed by atoms with van der Waals surface area (Å²) in [5, 5.41) is 15.6. The molecule has 2 atom stereocenters. The van der Waals surface area contributed by atoms with Crippen molar-refractivity contribution in [2.75, 3.05) is 33.2 Å². The summed E-state index contributed by atoms with van der Waals surface area (Å²) in [5.41, 5.74) is 2.47. The number of carbonyl (C=O) groups is 2. The highest BCUT2D eigenvalue weighted by Crippen LogP contribution is 2.37. The zero-order valence-corrected chi connectivity index (χ0v) is 18.1. The third-order valence-corrected chi connectivity index (χ3v) is 6.98. The lowest BCUT2D eigenvalue weighted by molar-refractivity contribution is -0.134. The monoisotopic (exact) mass is 442 g/mol. The maximum atomic E-state index is 13.1. The SMILES string of the molecule is CN1CCN(C2Cc3ccccc3S(=O)c3ccccc32)CC1.O=C(O)/C=C\C(=O)O. The fourth-order valence-electron chi connectivity index (χ4n) is 3.82. The van der Waals surface area contributed by atoms with Gasteiger partial charge in [-0.3, -0.25) is 4.90 Å². The first-order valence-electron chi connectivity index (χ1n) is 10.0. The summed E-state index contributed by atoms with van der Waals surface area (Å²) in [6.07, 6.45) is 2.06. The van der Waals surface area contributed by atoms with E-state index in [1.165, 1.54) is 11.1 Å². The summed E-state index contributed by atoms with van der Waals surface area (Å²) in [7, 11) is 1.11. The van der Waals surface area contributed by atoms with Crippen molar-refractivity contribution < 1.29 is 24.0 Å². The highest BCUT2D eigenvalue weighted by molar-refractivity contribution is 7.85. The number of carboxylic acids is 2. The maximum Gasteiger partial charge on any atom is 0.328 e. The maximum absolute atomic E-state index is 13.1. The largest absolute Gasteiger partial charge is 0.478 e. The predicted molar refractivity (Wildman–Crippen MR) is 117 cm³/mol. The smallest absolute Gasteiger partial charge is 0.328 e. The molecule has 0 bridgehead atoms. The molecule has 0 aliphatic carbocycles. The van der Waals surface area contributed by atoms with Crippen molar-refractivity contribution >= 4 is 22.7 Å². The molecule has 2 unspecified atom stereocenters. The number of nitrogens with zero attached hydrogens (tertiary/aromatic N) is 2. The van der Waals surface area contributed by atoms with Gasteiger partial charge in [-0.15, -0.1) is 0 Å². The Kier molecular flexibility index (Phi) is 7.73. The first kappa shape index (κ1) is 22.9. The van der Waals surface area contributed by atoms with Crippen LogP contribution >= 0.6 is 0 Å². The van der Waals surface area contributed by atoms with E-state index in [2.05, 4.69) is 41.1 Å². The quantitative estimate of drug-likeness (QED) is 0.705. The lowest BCUT2D eigenvalue weighted by Crippen LogP contribution is -2.46. The lowest BCUT2D eigenvalue weighted by atomic mass is 9.97. The summed E-state index contributed by atoms with van der Waals surface area (Å²) in [6.45, 7) is 4.35. The summed E-state index contributed by atoms with van der Waals surface area (Å²) in [5.74, 6) is -2.51. The Balaban J connectivity index is 0.000000293. The molecule has 1 fully saturated rings. The summed E-state index contributed by atoms with van der Waals surface area (Å²) in [6, 6.07) is 16.8. The van der Waals surface area contributed by atoms with E-state index in [-0.39, 0.29) is 0 Å². The van der Waals surface area contributed by atoms with Gasteiger partial charge in [0, 0.05) is 54.2 Å². The molecule has 4 rings (SSSR count). The van der Waals surface area contributed by atoms with E-state index in [1.807, 2.05) is 24.3 Å². The van der Waals surface area contributed by atoms with Crippen molar-refractivity contribution in [3.8, 4) is 0 Å². The topological polar surface area (TPSA) is 98.2 Å². The second-order valence-corrected chi connectivity index (χ2v) is 8.90. The van der Waals surface area contributed by atoms with Crippen molar-refractivity contribution in [1.82, 2.24) is 9.80 Å². The van der Waals surface area contributed by atoms with Crippen LogP contribution in [0.4, 0.5) is 0 Å². The van der Waals surface area contributed by atoms with Gasteiger partial charge in [0.15, 0.2) is 0 Å². The van der Waals surface area contributed by atoms with Gasteiger partial charge in [-0.2, -0.15) is 0 Å². The molecule has 2 aliphatic heterocycles. The molecule has 0 spiro atoms. The van der Waals surface area contributed by atoms with Crippen LogP contribution in [-0.4, -0.2) is 69.4 Å². The molecule has 7 nitrogen and oxygen atoms in total. The van der Waals surface area contributed by atoms with Crippen LogP contribution < -0.4 is 0 Å². The summed E-state index contributed by atoms with van der Waals surface area (Å²) in [4.78, 5) is 26.0. The van der Waals surface area contributed by atoms with E-state index in [0.717, 1.165) is 42.4 Å². The molecular formula is C23H26N2O5S. The number of likely N-dealkylation sites (N-methyl/N-ethyl adjacent to an activating group) is 1. The van der Waals surface area contributed by atoms with Crippen molar-refractivity contribution in [2.45, 2.75) is 22.3 Å². The first-order valence-corrected chi connectivity index (χ1v) is 11.2. The molecule has 0 saturated carbocycles. The lowest BCUT2D eigenvalue weighted by Gasteiger charge is -2.38. The highest BCUT2D eigenvalue weighted by atomic mass is 32.2. The van der Waals surface area contributed by atoms with Crippen LogP contribution in [0.2, 0.25) is 0 Å². The average molecular weight is 443 g/mol. The predicted octanol–water partition coefficient (Wildman–Crippen LogP) is 2.41. The molecule has 31 heavy (non-hydrogen) atoms. The van der Waals surface area contributed by atoms with Crippen LogP contribution in [0.3, 0.4) is 0 Å². The minimum Gasteiger partial charge on any atom is -0.478 e. The van der Waals surface area contributed by atoms with Crippen LogP contribution in [0, 0.1) is 0 Å². The van der Waals surface area contributed by atoms with Gasteiger partial charge in [0.2, 0.25) is 0 Å². The normalized spacial score (nSPS) is 21.3. The zero-order valence-electron chi connectivity index (χ0n) is 17.3. The van der Waals surface area contributed by atoms with Gasteiger partial charge in [0.05, 0.1) is 10.8 Å². The Morgan fingerprint density at radius 3 is 2.06 bits per heavy atom. The van der Waals surface area contributed by atoms with Gasteiger partial charge in [-0.25, -0.2) is 13.8 Å². The minimum atomic E-state index is -1.26. The molecule has 2 aromatic carbocycles. The molecular weight excluding hydrogens is 416 g/mol. The Morgan fingerprint density at radius 2 is 1.45 bits per heavy atom. The van der Waals surface area contributed by atoms with Gasteiger partial charge in [0.25, 0.3) is 0 Å². The Morgan fingerprint density at radius 1 is 0.903 bits per heavy atom. The van der Waals surface area contributed by atoms with Gasteiger partial charge < -0.3 is 15.1 Å². The third kappa shape index (κ3) is 5.88. The summed E-state index contributed by atoms with van der Waals surface area (Å²) >= 11 is 0. The average Bonchev–Trinajstić information content (AvgIpc) is 2.89. The number of piperazine rings is 1. The standard InChI is InChI=1S/C19H22N2OS.C4H4O4/c1-20-10-12-21(13-11-20)17-14-15-6-2-4-8-18(15)23(22)19-9-5-3-7-16(17)19;5-3(6)1-2-4(7)8/h2-9,17H,10-14H2,1H3;1-2H,(H,5,6)(H,7,8)/b;2-1-. The van der Waals surface area contributed by atoms with E-state index in [4.69, 9.17) is 10.2 Å². The van der Waals surface area contributed by atoms with E-state index in [0.29, 0.717) is 18.2 Å². The summed E-state index contributed by atoms with van der Waals surface area (Å²) < 4.78 is 13.1. The Bertz CT molecular complexity index is 983. The van der Waals surface area contributed by atoms with Gasteiger partial charge in [-0.05, 0) is 36.7 Å². The van der Waals surface area contributed by atoms with Gasteiger partial charge >= 0.3 is 11.9 Å². The molecule has 164 valence electrons. The number of aliphatic carboxylic acids is 2. The van der Waals surface area contributed by atoms with Crippen LogP contribution in [0.25, 0.3) is 0 Å². The Labute approximate surface area is 184 Å². The number of carboxylic acid groups (broad SMARTS) is 2. The number of benzene rings is 2. The first-order chi connectivity index (χ1) is 14.9. The van der Waals surface area contributed by atoms with Crippen molar-refractivity contribution in [1.29, 1.82) is 0 Å². The van der Waals surface area contributed by atoms with Crippen molar-refractivity contribution in [3.63, 3.8) is 0 Å². The molecule has 2 aliphatic rings. The fraction of sp³-hybridized carbons (Fsp3) is 0.304. The van der Waals surface area contributed by atoms with Crippen molar-refractivity contribution in [3.05, 3.63) is 71.8 Å². The van der Waals surface area contributed by atoms with Crippen LogP contribution in [0.1, 0.15) is 17.2 Å². The van der Waals surface area contributed by atoms with E-state index < -0.39 is 22.7 Å². The third-order valence-electron chi connectivity index (χ3n) is 5.41. The fourth-order valence-corrected chi connectivity index (χ4v) is 5.27. The highest BCUT2D eigenvalue weighted by Gasteiger charge is 2.31. The molecule has 8 heteroatoms. The second-order valence-electron chi connectivity index (χ2n) is 7.48. The van der Waals surface area contributed by atoms with E-state index in [9.17, 15) is 13.8 Å². The molecule has 0 radical (unpaired) electrons. The Hall–Kier alpha value is -2.81. The molecule has 1 saturated heterocycles. The minimum absolute atomic E-state index is 0.326. The number of fused-ring (bicyclic) bond motifs is 2. The molecule has 2 N–H and O–H groups in total. The van der Waals surface area contributed by atoms with Crippen LogP contribution in [0.15, 0.2) is 70.5 Å². The van der Waals surface area contributed by atoms with Gasteiger partial charge in [-0.1, -0.05) is 36.4 Å². The van der Waals surface area contributed by atoms with E-state index >= 15 is 0 Å². The molecule has 0 aromatic heterocycles. The molecule has 2 aromatic rings. The van der Waals surface area contributed by atoms with Crippen molar-refractivity contribution in [2.24, 2.45) is 0 Å². The van der Waals surface area contributed by atoms with E-state index in [1.54, 1.807) is 0 Å². The number of hydrogen-bond acceptors (Lipinski definition) is 5. The molecule has 0 amide bonds. The number of rotatable bonds is 3. The second kappa shape index (κ2) is 10.5.